The Hall–Kier alpha value is -2.88. The van der Waals surface area contributed by atoms with Gasteiger partial charge in [-0.25, -0.2) is 0 Å². The van der Waals surface area contributed by atoms with Gasteiger partial charge in [-0.05, 0) is 79.3 Å². The van der Waals surface area contributed by atoms with Crippen molar-refractivity contribution in [3.8, 4) is 28.0 Å². The summed E-state index contributed by atoms with van der Waals surface area (Å²) in [6.07, 6.45) is 6.49. The van der Waals surface area contributed by atoms with E-state index in [1.807, 2.05) is 19.1 Å². The van der Waals surface area contributed by atoms with Gasteiger partial charge in [-0.3, -0.25) is 0 Å². The molecule has 178 valence electrons. The van der Waals surface area contributed by atoms with Gasteiger partial charge in [-0.15, -0.1) is 6.58 Å². The number of aliphatic hydroxyl groups excluding tert-OH is 1. The lowest BCUT2D eigenvalue weighted by molar-refractivity contribution is 0.340. The summed E-state index contributed by atoms with van der Waals surface area (Å²) in [5, 5.41) is 7.76. The molecule has 0 aliphatic heterocycles. The number of hydrogen-bond acceptors (Lipinski definition) is 3. The highest BCUT2D eigenvalue weighted by atomic mass is 16.5. The summed E-state index contributed by atoms with van der Waals surface area (Å²) in [4.78, 5) is 0. The number of aliphatic hydroxyl groups is 1. The SMILES string of the molecule is C=CCO.CCCCCc1ccc(-c2ccc(-c3ccc(OCC)cc3)c(C)c2)cc1.CN. The first-order chi connectivity index (χ1) is 16.1. The number of nitrogens with two attached hydrogens (primary N) is 1. The minimum atomic E-state index is 0.0833. The van der Waals surface area contributed by atoms with E-state index in [-0.39, 0.29) is 6.61 Å². The molecule has 3 aromatic rings. The molecule has 3 aromatic carbocycles. The Labute approximate surface area is 200 Å². The van der Waals surface area contributed by atoms with Crippen LogP contribution in [0.3, 0.4) is 0 Å². The van der Waals surface area contributed by atoms with Crippen molar-refractivity contribution < 1.29 is 9.84 Å². The zero-order chi connectivity index (χ0) is 24.5. The Morgan fingerprint density at radius 2 is 1.42 bits per heavy atom. The average molecular weight is 448 g/mol. The molecule has 3 nitrogen and oxygen atoms in total. The fraction of sp³-hybridized carbons (Fsp3) is 0.333. The first-order valence-electron chi connectivity index (χ1n) is 11.9. The molecule has 0 saturated carbocycles. The lowest BCUT2D eigenvalue weighted by Gasteiger charge is -2.11. The summed E-state index contributed by atoms with van der Waals surface area (Å²) in [6.45, 7) is 10.5. The van der Waals surface area contributed by atoms with Crippen LogP contribution in [-0.4, -0.2) is 25.4 Å². The third-order valence-electron chi connectivity index (χ3n) is 5.19. The van der Waals surface area contributed by atoms with Gasteiger partial charge in [-0.1, -0.05) is 80.4 Å². The smallest absolute Gasteiger partial charge is 0.119 e. The zero-order valence-electron chi connectivity index (χ0n) is 20.8. The number of ether oxygens (including phenoxy) is 1. The van der Waals surface area contributed by atoms with Gasteiger partial charge < -0.3 is 15.6 Å². The number of rotatable bonds is 9. The van der Waals surface area contributed by atoms with E-state index >= 15 is 0 Å². The third-order valence-corrected chi connectivity index (χ3v) is 5.19. The van der Waals surface area contributed by atoms with E-state index in [1.165, 1.54) is 72.2 Å². The van der Waals surface area contributed by atoms with Crippen molar-refractivity contribution in [2.75, 3.05) is 20.3 Å². The van der Waals surface area contributed by atoms with E-state index in [0.717, 1.165) is 5.75 Å². The minimum absolute atomic E-state index is 0.0833. The van der Waals surface area contributed by atoms with E-state index in [1.54, 1.807) is 0 Å². The predicted octanol–water partition coefficient (Wildman–Crippen LogP) is 7.20. The van der Waals surface area contributed by atoms with E-state index in [2.05, 4.69) is 80.8 Å². The summed E-state index contributed by atoms with van der Waals surface area (Å²) in [7, 11) is 1.50. The monoisotopic (exact) mass is 447 g/mol. The van der Waals surface area contributed by atoms with Crippen LogP contribution in [0.4, 0.5) is 0 Å². The molecule has 0 heterocycles. The Morgan fingerprint density at radius 1 is 0.848 bits per heavy atom. The number of benzene rings is 3. The molecule has 0 spiro atoms. The molecule has 0 fully saturated rings. The van der Waals surface area contributed by atoms with Crippen LogP contribution in [0, 0.1) is 6.92 Å². The lowest BCUT2D eigenvalue weighted by atomic mass is 9.95. The van der Waals surface area contributed by atoms with Crippen molar-refractivity contribution in [1.29, 1.82) is 0 Å². The molecule has 0 atom stereocenters. The van der Waals surface area contributed by atoms with E-state index in [4.69, 9.17) is 9.84 Å². The first kappa shape index (κ1) is 28.2. The molecular weight excluding hydrogens is 406 g/mol. The van der Waals surface area contributed by atoms with E-state index in [0.29, 0.717) is 6.61 Å². The highest BCUT2D eigenvalue weighted by Crippen LogP contribution is 2.30. The topological polar surface area (TPSA) is 55.5 Å². The quantitative estimate of drug-likeness (QED) is 0.269. The molecule has 33 heavy (non-hydrogen) atoms. The molecule has 3 N–H and O–H groups in total. The zero-order valence-corrected chi connectivity index (χ0v) is 20.8. The van der Waals surface area contributed by atoms with Crippen molar-refractivity contribution in [1.82, 2.24) is 0 Å². The van der Waals surface area contributed by atoms with Gasteiger partial charge in [0, 0.05) is 0 Å². The van der Waals surface area contributed by atoms with Crippen LogP contribution in [0.5, 0.6) is 5.75 Å². The number of aryl methyl sites for hydroxylation is 2. The van der Waals surface area contributed by atoms with Gasteiger partial charge in [0.1, 0.15) is 5.75 Å². The average Bonchev–Trinajstić information content (AvgIpc) is 2.87. The summed E-state index contributed by atoms with van der Waals surface area (Å²) in [5.41, 5.74) is 12.3. The fourth-order valence-corrected chi connectivity index (χ4v) is 3.51. The Balaban J connectivity index is 0.000000820. The molecule has 0 aliphatic rings. The second-order valence-electron chi connectivity index (χ2n) is 7.61. The van der Waals surface area contributed by atoms with Crippen molar-refractivity contribution in [3.05, 3.63) is 90.5 Å². The van der Waals surface area contributed by atoms with Crippen LogP contribution in [-0.2, 0) is 6.42 Å². The molecule has 0 bridgehead atoms. The predicted molar refractivity (Wildman–Crippen MR) is 144 cm³/mol. The maximum atomic E-state index is 7.76. The van der Waals surface area contributed by atoms with Gasteiger partial charge in [0.05, 0.1) is 13.2 Å². The van der Waals surface area contributed by atoms with E-state index in [9.17, 15) is 0 Å². The van der Waals surface area contributed by atoms with Crippen molar-refractivity contribution in [3.63, 3.8) is 0 Å². The highest BCUT2D eigenvalue weighted by Gasteiger charge is 2.06. The third kappa shape index (κ3) is 9.65. The molecule has 0 radical (unpaired) electrons. The van der Waals surface area contributed by atoms with Crippen LogP contribution in [0.2, 0.25) is 0 Å². The summed E-state index contributed by atoms with van der Waals surface area (Å²) in [6, 6.07) is 24.2. The maximum Gasteiger partial charge on any atom is 0.119 e. The largest absolute Gasteiger partial charge is 0.494 e. The second-order valence-corrected chi connectivity index (χ2v) is 7.61. The molecule has 3 heteroatoms. The Kier molecular flexibility index (Phi) is 14.3. The Morgan fingerprint density at radius 3 is 1.94 bits per heavy atom. The Bertz CT molecular complexity index is 915. The van der Waals surface area contributed by atoms with Gasteiger partial charge in [0.25, 0.3) is 0 Å². The highest BCUT2D eigenvalue weighted by molar-refractivity contribution is 5.74. The van der Waals surface area contributed by atoms with Crippen molar-refractivity contribution in [2.24, 2.45) is 5.73 Å². The molecule has 0 saturated heterocycles. The summed E-state index contributed by atoms with van der Waals surface area (Å²) in [5.74, 6) is 0.926. The first-order valence-corrected chi connectivity index (χ1v) is 11.9. The number of hydrogen-bond donors (Lipinski definition) is 2. The van der Waals surface area contributed by atoms with Gasteiger partial charge in [0.15, 0.2) is 0 Å². The fourth-order valence-electron chi connectivity index (χ4n) is 3.51. The molecular formula is C30H41NO2. The molecule has 0 amide bonds. The molecule has 3 rings (SSSR count). The van der Waals surface area contributed by atoms with Crippen LogP contribution in [0.25, 0.3) is 22.3 Å². The maximum absolute atomic E-state index is 7.76. The normalized spacial score (nSPS) is 9.76. The van der Waals surface area contributed by atoms with Gasteiger partial charge in [0.2, 0.25) is 0 Å². The lowest BCUT2D eigenvalue weighted by Crippen LogP contribution is -1.91. The second kappa shape index (κ2) is 16.7. The van der Waals surface area contributed by atoms with E-state index < -0.39 is 0 Å². The van der Waals surface area contributed by atoms with Crippen LogP contribution in [0.1, 0.15) is 44.2 Å². The number of unbranched alkanes of at least 4 members (excludes halogenated alkanes) is 2. The van der Waals surface area contributed by atoms with Crippen LogP contribution < -0.4 is 10.5 Å². The molecule has 0 aliphatic carbocycles. The standard InChI is InChI=1S/C26H30O.C3H6O.CH5N/c1-4-6-7-8-21-9-11-22(12-10-21)24-15-18-26(20(3)19-24)23-13-16-25(17-14-23)27-5-2;1-2-3-4;1-2/h9-19H,4-8H2,1-3H3;2,4H,1,3H2;2H2,1H3. The van der Waals surface area contributed by atoms with Gasteiger partial charge >= 0.3 is 0 Å². The van der Waals surface area contributed by atoms with Crippen LogP contribution >= 0.6 is 0 Å². The van der Waals surface area contributed by atoms with Gasteiger partial charge in [-0.2, -0.15) is 0 Å². The summed E-state index contributed by atoms with van der Waals surface area (Å²) < 4.78 is 5.54. The van der Waals surface area contributed by atoms with Crippen molar-refractivity contribution in [2.45, 2.75) is 46.5 Å². The summed E-state index contributed by atoms with van der Waals surface area (Å²) >= 11 is 0. The molecule has 0 unspecified atom stereocenters. The van der Waals surface area contributed by atoms with Crippen molar-refractivity contribution >= 4 is 0 Å². The van der Waals surface area contributed by atoms with Crippen LogP contribution in [0.15, 0.2) is 79.4 Å². The molecule has 0 aromatic heterocycles. The minimum Gasteiger partial charge on any atom is -0.494 e.